The molecule has 2 amide bonds. The lowest BCUT2D eigenvalue weighted by molar-refractivity contribution is 0.0693. The van der Waals surface area contributed by atoms with Gasteiger partial charge in [-0.2, -0.15) is 4.31 Å². The molecule has 180 valence electrons. The van der Waals surface area contributed by atoms with Gasteiger partial charge in [-0.05, 0) is 24.3 Å². The SMILES string of the molecule is O=C(NCCS(=O)(=O)N1CCN(C(=O)c2cccc3c2OCO3)CC1)c1cccc2c1OCO2. The maximum atomic E-state index is 12.9. The van der Waals surface area contributed by atoms with Gasteiger partial charge in [-0.25, -0.2) is 8.42 Å². The number of sulfonamides is 1. The van der Waals surface area contributed by atoms with Gasteiger partial charge in [-0.3, -0.25) is 9.59 Å². The lowest BCUT2D eigenvalue weighted by Crippen LogP contribution is -2.51. The van der Waals surface area contributed by atoms with E-state index < -0.39 is 15.9 Å². The first kappa shape index (κ1) is 22.3. The average Bonchev–Trinajstić information content (AvgIpc) is 3.52. The number of fused-ring (bicyclic) bond motifs is 2. The normalized spacial score (nSPS) is 17.0. The van der Waals surface area contributed by atoms with Gasteiger partial charge in [0.2, 0.25) is 23.6 Å². The molecule has 0 aromatic heterocycles. The summed E-state index contributed by atoms with van der Waals surface area (Å²) in [7, 11) is -3.62. The van der Waals surface area contributed by atoms with E-state index in [0.717, 1.165) is 0 Å². The second kappa shape index (κ2) is 9.03. The maximum absolute atomic E-state index is 12.9. The van der Waals surface area contributed by atoms with Crippen molar-refractivity contribution >= 4 is 21.8 Å². The summed E-state index contributed by atoms with van der Waals surface area (Å²) in [6.07, 6.45) is 0. The number of nitrogens with zero attached hydrogens (tertiary/aromatic N) is 2. The third kappa shape index (κ3) is 4.21. The summed E-state index contributed by atoms with van der Waals surface area (Å²) in [6.45, 7) is 0.895. The van der Waals surface area contributed by atoms with Gasteiger partial charge in [0.1, 0.15) is 0 Å². The number of carbonyl (C=O) groups is 2. The van der Waals surface area contributed by atoms with Crippen molar-refractivity contribution in [2.45, 2.75) is 0 Å². The predicted molar refractivity (Wildman–Crippen MR) is 119 cm³/mol. The van der Waals surface area contributed by atoms with Crippen molar-refractivity contribution in [1.82, 2.24) is 14.5 Å². The molecule has 0 radical (unpaired) electrons. The minimum Gasteiger partial charge on any atom is -0.454 e. The van der Waals surface area contributed by atoms with Crippen LogP contribution in [0.2, 0.25) is 0 Å². The Morgan fingerprint density at radius 3 is 2.06 bits per heavy atom. The van der Waals surface area contributed by atoms with E-state index in [4.69, 9.17) is 18.9 Å². The fourth-order valence-electron chi connectivity index (χ4n) is 4.07. The number of hydrogen-bond acceptors (Lipinski definition) is 8. The zero-order chi connectivity index (χ0) is 23.7. The van der Waals surface area contributed by atoms with Crippen LogP contribution >= 0.6 is 0 Å². The van der Waals surface area contributed by atoms with Gasteiger partial charge in [0.05, 0.1) is 16.9 Å². The zero-order valence-corrected chi connectivity index (χ0v) is 19.0. The number of carbonyl (C=O) groups excluding carboxylic acids is 2. The number of benzene rings is 2. The minimum atomic E-state index is -3.62. The monoisotopic (exact) mass is 489 g/mol. The standard InChI is InChI=1S/C22H23N3O8S/c26-21(15-3-1-5-17-19(15)32-13-30-17)23-7-12-34(28,29)25-10-8-24(9-11-25)22(27)16-4-2-6-18-20(16)33-14-31-18/h1-6H,7-14H2,(H,23,26). The van der Waals surface area contributed by atoms with Crippen LogP contribution in [0.4, 0.5) is 0 Å². The van der Waals surface area contributed by atoms with Crippen LogP contribution in [-0.4, -0.2) is 81.5 Å². The first-order chi connectivity index (χ1) is 16.4. The van der Waals surface area contributed by atoms with Crippen molar-refractivity contribution in [2.24, 2.45) is 0 Å². The molecule has 0 atom stereocenters. The number of para-hydroxylation sites is 2. The lowest BCUT2D eigenvalue weighted by atomic mass is 10.1. The highest BCUT2D eigenvalue weighted by Gasteiger charge is 2.31. The summed E-state index contributed by atoms with van der Waals surface area (Å²) in [5.74, 6) is 0.851. The molecule has 12 heteroatoms. The Balaban J connectivity index is 1.14. The second-order valence-corrected chi connectivity index (χ2v) is 9.93. The Hall–Kier alpha value is -3.51. The summed E-state index contributed by atoms with van der Waals surface area (Å²) >= 11 is 0. The molecule has 11 nitrogen and oxygen atoms in total. The van der Waals surface area contributed by atoms with Gasteiger partial charge in [-0.1, -0.05) is 12.1 Å². The Bertz CT molecular complexity index is 1220. The second-order valence-electron chi connectivity index (χ2n) is 7.84. The van der Waals surface area contributed by atoms with E-state index in [-0.39, 0.29) is 58.0 Å². The van der Waals surface area contributed by atoms with Crippen LogP contribution in [0.5, 0.6) is 23.0 Å². The van der Waals surface area contributed by atoms with E-state index in [1.165, 1.54) is 4.31 Å². The van der Waals surface area contributed by atoms with Crippen LogP contribution in [0.3, 0.4) is 0 Å². The van der Waals surface area contributed by atoms with E-state index in [9.17, 15) is 18.0 Å². The molecule has 0 aliphatic carbocycles. The summed E-state index contributed by atoms with van der Waals surface area (Å²) in [5.41, 5.74) is 0.692. The molecular formula is C22H23N3O8S. The summed E-state index contributed by atoms with van der Waals surface area (Å²) in [5, 5.41) is 2.63. The summed E-state index contributed by atoms with van der Waals surface area (Å²) < 4.78 is 48.2. The molecule has 0 spiro atoms. The fraction of sp³-hybridized carbons (Fsp3) is 0.364. The van der Waals surface area contributed by atoms with Crippen molar-refractivity contribution in [3.05, 3.63) is 47.5 Å². The van der Waals surface area contributed by atoms with Crippen LogP contribution < -0.4 is 24.3 Å². The first-order valence-corrected chi connectivity index (χ1v) is 12.4. The molecule has 0 unspecified atom stereocenters. The molecule has 34 heavy (non-hydrogen) atoms. The van der Waals surface area contributed by atoms with E-state index in [1.807, 2.05) is 0 Å². The number of nitrogens with one attached hydrogen (secondary N) is 1. The van der Waals surface area contributed by atoms with Crippen LogP contribution in [0.1, 0.15) is 20.7 Å². The molecule has 0 bridgehead atoms. The number of piperazine rings is 1. The van der Waals surface area contributed by atoms with Gasteiger partial charge in [0, 0.05) is 32.7 Å². The van der Waals surface area contributed by atoms with Crippen molar-refractivity contribution < 1.29 is 37.0 Å². The van der Waals surface area contributed by atoms with E-state index in [0.29, 0.717) is 34.1 Å². The smallest absolute Gasteiger partial charge is 0.257 e. The zero-order valence-electron chi connectivity index (χ0n) is 18.2. The largest absolute Gasteiger partial charge is 0.454 e. The van der Waals surface area contributed by atoms with Gasteiger partial charge in [0.25, 0.3) is 11.8 Å². The van der Waals surface area contributed by atoms with Crippen LogP contribution in [0.15, 0.2) is 36.4 Å². The van der Waals surface area contributed by atoms with Gasteiger partial charge in [-0.15, -0.1) is 0 Å². The maximum Gasteiger partial charge on any atom is 0.257 e. The summed E-state index contributed by atoms with van der Waals surface area (Å²) in [6, 6.07) is 10.1. The molecule has 5 rings (SSSR count). The average molecular weight is 490 g/mol. The van der Waals surface area contributed by atoms with E-state index >= 15 is 0 Å². The molecule has 2 aromatic rings. The number of ether oxygens (including phenoxy) is 4. The quantitative estimate of drug-likeness (QED) is 0.628. The highest BCUT2D eigenvalue weighted by Crippen LogP contribution is 2.36. The molecule has 3 heterocycles. The van der Waals surface area contributed by atoms with Gasteiger partial charge in [0.15, 0.2) is 23.0 Å². The highest BCUT2D eigenvalue weighted by molar-refractivity contribution is 7.89. The fourth-order valence-corrected chi connectivity index (χ4v) is 5.40. The van der Waals surface area contributed by atoms with Crippen LogP contribution in [0.25, 0.3) is 0 Å². The van der Waals surface area contributed by atoms with Crippen molar-refractivity contribution in [2.75, 3.05) is 52.1 Å². The Kier molecular flexibility index (Phi) is 5.92. The van der Waals surface area contributed by atoms with Gasteiger partial charge >= 0.3 is 0 Å². The van der Waals surface area contributed by atoms with Crippen molar-refractivity contribution in [3.8, 4) is 23.0 Å². The Morgan fingerprint density at radius 1 is 0.824 bits per heavy atom. The highest BCUT2D eigenvalue weighted by atomic mass is 32.2. The third-order valence-electron chi connectivity index (χ3n) is 5.83. The molecule has 3 aliphatic rings. The number of rotatable bonds is 6. The first-order valence-electron chi connectivity index (χ1n) is 10.8. The van der Waals surface area contributed by atoms with Crippen LogP contribution in [-0.2, 0) is 10.0 Å². The van der Waals surface area contributed by atoms with Crippen molar-refractivity contribution in [3.63, 3.8) is 0 Å². The predicted octanol–water partition coefficient (Wildman–Crippen LogP) is 0.662. The molecule has 3 aliphatic heterocycles. The van der Waals surface area contributed by atoms with Crippen LogP contribution in [0, 0.1) is 0 Å². The molecule has 1 saturated heterocycles. The van der Waals surface area contributed by atoms with E-state index in [2.05, 4.69) is 5.32 Å². The molecule has 1 fully saturated rings. The molecule has 2 aromatic carbocycles. The molecule has 1 N–H and O–H groups in total. The Morgan fingerprint density at radius 2 is 1.41 bits per heavy atom. The van der Waals surface area contributed by atoms with Crippen molar-refractivity contribution in [1.29, 1.82) is 0 Å². The number of hydrogen-bond donors (Lipinski definition) is 1. The molecular weight excluding hydrogens is 466 g/mol. The number of amides is 2. The Labute approximate surface area is 196 Å². The van der Waals surface area contributed by atoms with Gasteiger partial charge < -0.3 is 29.2 Å². The topological polar surface area (TPSA) is 124 Å². The molecule has 0 saturated carbocycles. The third-order valence-corrected chi connectivity index (χ3v) is 7.71. The summed E-state index contributed by atoms with van der Waals surface area (Å²) in [4.78, 5) is 27.0. The van der Waals surface area contributed by atoms with E-state index in [1.54, 1.807) is 41.3 Å². The minimum absolute atomic E-state index is 0.0377. The lowest BCUT2D eigenvalue weighted by Gasteiger charge is -2.34.